The Balaban J connectivity index is 2.20. The molecule has 9 heteroatoms. The smallest absolute Gasteiger partial charge is 0.419 e. The van der Waals surface area contributed by atoms with Crippen LogP contribution >= 0.6 is 27.3 Å². The van der Waals surface area contributed by atoms with Crippen molar-refractivity contribution in [1.82, 2.24) is 4.98 Å². The van der Waals surface area contributed by atoms with E-state index < -0.39 is 18.2 Å². The summed E-state index contributed by atoms with van der Waals surface area (Å²) < 4.78 is 43.5. The Morgan fingerprint density at radius 2 is 2.00 bits per heavy atom. The molecule has 0 radical (unpaired) electrons. The number of carbonyl (C=O) groups excluding carboxylic acids is 1. The Bertz CT molecular complexity index is 658. The summed E-state index contributed by atoms with van der Waals surface area (Å²) in [7, 11) is 0.901. The van der Waals surface area contributed by atoms with E-state index in [-0.39, 0.29) is 5.13 Å². The molecule has 0 saturated heterocycles. The molecular weight excluding hydrogens is 385 g/mol. The zero-order valence-corrected chi connectivity index (χ0v) is 13.6. The first-order valence-electron chi connectivity index (χ1n) is 5.94. The fourth-order valence-electron chi connectivity index (χ4n) is 1.61. The standard InChI is InChI=1S/C13H10BrF3N2O2S/c1-21-11(20)10(13(15,16)17)19-12-18-9(6-22-12)7-2-4-8(14)5-3-7/h2-6,10H,1H3,(H,18,19). The lowest BCUT2D eigenvalue weighted by atomic mass is 10.2. The first-order chi connectivity index (χ1) is 10.3. The van der Waals surface area contributed by atoms with Crippen LogP contribution in [0.1, 0.15) is 0 Å². The molecule has 0 aliphatic rings. The molecule has 0 saturated carbocycles. The van der Waals surface area contributed by atoms with Crippen molar-refractivity contribution in [2.75, 3.05) is 12.4 Å². The maximum absolute atomic E-state index is 12.8. The summed E-state index contributed by atoms with van der Waals surface area (Å²) in [6, 6.07) is 4.72. The molecule has 0 aliphatic heterocycles. The number of esters is 1. The predicted octanol–water partition coefficient (Wildman–Crippen LogP) is 4.09. The van der Waals surface area contributed by atoms with Crippen LogP contribution in [0.4, 0.5) is 18.3 Å². The highest BCUT2D eigenvalue weighted by atomic mass is 79.9. The molecule has 0 aliphatic carbocycles. The zero-order chi connectivity index (χ0) is 16.3. The summed E-state index contributed by atoms with van der Waals surface area (Å²) in [4.78, 5) is 15.3. The van der Waals surface area contributed by atoms with Crippen molar-refractivity contribution >= 4 is 38.4 Å². The minimum absolute atomic E-state index is 0.00866. The van der Waals surface area contributed by atoms with Crippen molar-refractivity contribution in [1.29, 1.82) is 0 Å². The lowest BCUT2D eigenvalue weighted by Gasteiger charge is -2.18. The topological polar surface area (TPSA) is 51.2 Å². The van der Waals surface area contributed by atoms with E-state index >= 15 is 0 Å². The van der Waals surface area contributed by atoms with Crippen molar-refractivity contribution in [3.05, 3.63) is 34.1 Å². The van der Waals surface area contributed by atoms with Gasteiger partial charge in [-0.05, 0) is 12.1 Å². The normalized spacial score (nSPS) is 12.8. The summed E-state index contributed by atoms with van der Waals surface area (Å²) in [6.07, 6.45) is -4.77. The maximum Gasteiger partial charge on any atom is 0.419 e. The minimum Gasteiger partial charge on any atom is -0.467 e. The molecule has 2 rings (SSSR count). The quantitative estimate of drug-likeness (QED) is 0.793. The third kappa shape index (κ3) is 3.98. The number of hydrogen-bond donors (Lipinski definition) is 1. The van der Waals surface area contributed by atoms with Gasteiger partial charge in [0.25, 0.3) is 0 Å². The molecule has 1 aromatic heterocycles. The second-order valence-electron chi connectivity index (χ2n) is 4.19. The highest BCUT2D eigenvalue weighted by Gasteiger charge is 2.46. The van der Waals surface area contributed by atoms with Crippen molar-refractivity contribution in [3.63, 3.8) is 0 Å². The number of aromatic nitrogens is 1. The molecule has 118 valence electrons. The molecule has 0 fully saturated rings. The third-order valence-corrected chi connectivity index (χ3v) is 3.98. The fourth-order valence-corrected chi connectivity index (χ4v) is 2.62. The first kappa shape index (κ1) is 16.8. The Kier molecular flexibility index (Phi) is 5.07. The summed E-state index contributed by atoms with van der Waals surface area (Å²) in [5, 5.41) is 3.67. The van der Waals surface area contributed by atoms with Crippen LogP contribution in [0.2, 0.25) is 0 Å². The van der Waals surface area contributed by atoms with E-state index in [2.05, 4.69) is 31.0 Å². The van der Waals surface area contributed by atoms with Crippen LogP contribution in [-0.4, -0.2) is 30.3 Å². The van der Waals surface area contributed by atoms with Gasteiger partial charge in [0.2, 0.25) is 6.04 Å². The van der Waals surface area contributed by atoms with E-state index in [1.807, 2.05) is 0 Å². The molecular formula is C13H10BrF3N2O2S. The number of anilines is 1. The lowest BCUT2D eigenvalue weighted by Crippen LogP contribution is -2.43. The highest BCUT2D eigenvalue weighted by Crippen LogP contribution is 2.29. The molecule has 2 aromatic rings. The van der Waals surface area contributed by atoms with Crippen LogP contribution < -0.4 is 5.32 Å². The van der Waals surface area contributed by atoms with Gasteiger partial charge in [0.05, 0.1) is 12.8 Å². The predicted molar refractivity (Wildman–Crippen MR) is 80.7 cm³/mol. The van der Waals surface area contributed by atoms with E-state index in [9.17, 15) is 18.0 Å². The van der Waals surface area contributed by atoms with Crippen LogP contribution in [0.3, 0.4) is 0 Å². The van der Waals surface area contributed by atoms with E-state index in [4.69, 9.17) is 0 Å². The van der Waals surface area contributed by atoms with Crippen LogP contribution in [-0.2, 0) is 9.53 Å². The van der Waals surface area contributed by atoms with Crippen molar-refractivity contribution in [3.8, 4) is 11.3 Å². The molecule has 1 heterocycles. The molecule has 0 bridgehead atoms. The first-order valence-corrected chi connectivity index (χ1v) is 7.61. The van der Waals surface area contributed by atoms with Gasteiger partial charge in [0.15, 0.2) is 5.13 Å². The molecule has 0 amide bonds. The van der Waals surface area contributed by atoms with Crippen molar-refractivity contribution in [2.24, 2.45) is 0 Å². The average molecular weight is 395 g/mol. The van der Waals surface area contributed by atoms with Crippen LogP contribution in [0.5, 0.6) is 0 Å². The molecule has 1 unspecified atom stereocenters. The van der Waals surface area contributed by atoms with E-state index in [0.29, 0.717) is 5.69 Å². The SMILES string of the molecule is COC(=O)C(Nc1nc(-c2ccc(Br)cc2)cs1)C(F)(F)F. The monoisotopic (exact) mass is 394 g/mol. The number of ether oxygens (including phenoxy) is 1. The summed E-state index contributed by atoms with van der Waals surface area (Å²) in [5.41, 5.74) is 1.28. The number of nitrogens with one attached hydrogen (secondary N) is 1. The van der Waals surface area contributed by atoms with Gasteiger partial charge in [-0.2, -0.15) is 13.2 Å². The fraction of sp³-hybridized carbons (Fsp3) is 0.231. The number of carbonyl (C=O) groups is 1. The number of methoxy groups -OCH3 is 1. The van der Waals surface area contributed by atoms with Crippen molar-refractivity contribution < 1.29 is 22.7 Å². The van der Waals surface area contributed by atoms with Gasteiger partial charge in [0, 0.05) is 15.4 Å². The number of halogens is 4. The van der Waals surface area contributed by atoms with Crippen LogP contribution in [0, 0.1) is 0 Å². The number of hydrogen-bond acceptors (Lipinski definition) is 5. The Morgan fingerprint density at radius 3 is 2.55 bits per heavy atom. The molecule has 1 atom stereocenters. The van der Waals surface area contributed by atoms with Gasteiger partial charge in [-0.15, -0.1) is 11.3 Å². The third-order valence-electron chi connectivity index (χ3n) is 2.68. The number of rotatable bonds is 4. The Morgan fingerprint density at radius 1 is 1.36 bits per heavy atom. The molecule has 4 nitrogen and oxygen atoms in total. The summed E-state index contributed by atoms with van der Waals surface area (Å²) in [5.74, 6) is -1.41. The van der Waals surface area contributed by atoms with Gasteiger partial charge in [-0.25, -0.2) is 9.78 Å². The van der Waals surface area contributed by atoms with Gasteiger partial charge in [-0.3, -0.25) is 0 Å². The van der Waals surface area contributed by atoms with E-state index in [0.717, 1.165) is 28.5 Å². The zero-order valence-electron chi connectivity index (χ0n) is 11.1. The van der Waals surface area contributed by atoms with Gasteiger partial charge in [-0.1, -0.05) is 28.1 Å². The van der Waals surface area contributed by atoms with Crippen molar-refractivity contribution in [2.45, 2.75) is 12.2 Å². The molecule has 1 N–H and O–H groups in total. The van der Waals surface area contributed by atoms with Gasteiger partial charge >= 0.3 is 12.1 Å². The number of thiazole rings is 1. The largest absolute Gasteiger partial charge is 0.467 e. The minimum atomic E-state index is -4.77. The molecule has 0 spiro atoms. The molecule has 1 aromatic carbocycles. The van der Waals surface area contributed by atoms with E-state index in [1.165, 1.54) is 0 Å². The van der Waals surface area contributed by atoms with Gasteiger partial charge in [0.1, 0.15) is 0 Å². The maximum atomic E-state index is 12.8. The van der Waals surface area contributed by atoms with Crippen LogP contribution in [0.15, 0.2) is 34.1 Å². The number of nitrogens with zero attached hydrogens (tertiary/aromatic N) is 1. The summed E-state index contributed by atoms with van der Waals surface area (Å²) >= 11 is 4.27. The number of benzene rings is 1. The van der Waals surface area contributed by atoms with E-state index in [1.54, 1.807) is 29.6 Å². The summed E-state index contributed by atoms with van der Waals surface area (Å²) in [6.45, 7) is 0. The second kappa shape index (κ2) is 6.66. The van der Waals surface area contributed by atoms with Gasteiger partial charge < -0.3 is 10.1 Å². The second-order valence-corrected chi connectivity index (χ2v) is 5.96. The average Bonchev–Trinajstić information content (AvgIpc) is 2.92. The number of alkyl halides is 3. The highest BCUT2D eigenvalue weighted by molar-refractivity contribution is 9.10. The molecule has 22 heavy (non-hydrogen) atoms. The lowest BCUT2D eigenvalue weighted by molar-refractivity contribution is -0.173. The van der Waals surface area contributed by atoms with Crippen LogP contribution in [0.25, 0.3) is 11.3 Å². The Labute approximate surface area is 136 Å². The Hall–Kier alpha value is -1.61.